The molecule has 8 heteroatoms. The van der Waals surface area contributed by atoms with Gasteiger partial charge in [-0.1, -0.05) is 17.8 Å². The highest BCUT2D eigenvalue weighted by Crippen LogP contribution is 2.21. The fourth-order valence-corrected chi connectivity index (χ4v) is 2.64. The monoisotopic (exact) mass is 306 g/mol. The summed E-state index contributed by atoms with van der Waals surface area (Å²) in [6.45, 7) is 0. The Bertz CT molecular complexity index is 581. The number of hydrogen-bond acceptors (Lipinski definition) is 6. The van der Waals surface area contributed by atoms with E-state index in [1.54, 1.807) is 24.4 Å². The van der Waals surface area contributed by atoms with E-state index in [4.69, 9.17) is 5.41 Å². The maximum Gasteiger partial charge on any atom is 0.331 e. The smallest absolute Gasteiger partial charge is 0.297 e. The van der Waals surface area contributed by atoms with Gasteiger partial charge in [-0.25, -0.2) is 9.78 Å². The zero-order valence-electron chi connectivity index (χ0n) is 11.6. The molecular weight excluding hydrogens is 292 g/mol. The van der Waals surface area contributed by atoms with Gasteiger partial charge >= 0.3 is 6.03 Å². The second-order valence-electron chi connectivity index (χ2n) is 4.48. The van der Waals surface area contributed by atoms with Crippen molar-refractivity contribution in [2.75, 3.05) is 19.8 Å². The summed E-state index contributed by atoms with van der Waals surface area (Å²) in [5.74, 6) is -2.56. The van der Waals surface area contributed by atoms with Crippen LogP contribution in [0, 0.1) is 11.3 Å². The Labute approximate surface area is 125 Å². The summed E-state index contributed by atoms with van der Waals surface area (Å²) < 4.78 is 0. The van der Waals surface area contributed by atoms with Crippen molar-refractivity contribution < 1.29 is 14.4 Å². The van der Waals surface area contributed by atoms with E-state index >= 15 is 0 Å². The third-order valence-electron chi connectivity index (χ3n) is 3.11. The molecule has 1 aliphatic heterocycles. The molecule has 3 amide bonds. The number of carbonyl (C=O) groups excluding carboxylic acids is 3. The number of nitrogens with zero attached hydrogens (tertiary/aromatic N) is 3. The van der Waals surface area contributed by atoms with Gasteiger partial charge in [0.25, 0.3) is 0 Å². The van der Waals surface area contributed by atoms with Gasteiger partial charge in [0.1, 0.15) is 5.84 Å². The van der Waals surface area contributed by atoms with E-state index in [1.165, 1.54) is 25.9 Å². The van der Waals surface area contributed by atoms with Gasteiger partial charge in [-0.15, -0.1) is 0 Å². The number of nitrogens with one attached hydrogen (secondary N) is 1. The summed E-state index contributed by atoms with van der Waals surface area (Å²) >= 11 is 1.20. The Kier molecular flexibility index (Phi) is 4.37. The van der Waals surface area contributed by atoms with Crippen LogP contribution >= 0.6 is 11.8 Å². The van der Waals surface area contributed by atoms with Crippen molar-refractivity contribution in [3.05, 3.63) is 24.4 Å². The average molecular weight is 306 g/mol. The van der Waals surface area contributed by atoms with Crippen LogP contribution in [-0.2, 0) is 9.59 Å². The maximum atomic E-state index is 12.2. The van der Waals surface area contributed by atoms with E-state index in [2.05, 4.69) is 4.98 Å². The second-order valence-corrected chi connectivity index (χ2v) is 5.48. The molecule has 1 aliphatic rings. The molecule has 1 atom stereocenters. The number of imide groups is 1. The normalized spacial score (nSPS) is 19.1. The Hall–Kier alpha value is -2.22. The van der Waals surface area contributed by atoms with Gasteiger partial charge in [-0.05, 0) is 12.1 Å². The Morgan fingerprint density at radius 1 is 1.33 bits per heavy atom. The number of amidine groups is 1. The van der Waals surface area contributed by atoms with E-state index in [-0.39, 0.29) is 11.6 Å². The quantitative estimate of drug-likeness (QED) is 0.657. The molecule has 21 heavy (non-hydrogen) atoms. The topological polar surface area (TPSA) is 94.4 Å². The predicted molar refractivity (Wildman–Crippen MR) is 77.1 cm³/mol. The number of urea groups is 1. The minimum absolute atomic E-state index is 0.0195. The van der Waals surface area contributed by atoms with E-state index in [0.29, 0.717) is 5.03 Å². The molecule has 0 spiro atoms. The number of pyridine rings is 1. The minimum atomic E-state index is -1.23. The van der Waals surface area contributed by atoms with E-state index in [9.17, 15) is 14.4 Å². The van der Waals surface area contributed by atoms with Gasteiger partial charge in [0, 0.05) is 20.3 Å². The van der Waals surface area contributed by atoms with Crippen LogP contribution in [-0.4, -0.2) is 58.2 Å². The number of amides is 3. The van der Waals surface area contributed by atoms with Gasteiger partial charge in [0.2, 0.25) is 5.91 Å². The molecule has 7 nitrogen and oxygen atoms in total. The summed E-state index contributed by atoms with van der Waals surface area (Å²) in [6.07, 6.45) is 1.61. The van der Waals surface area contributed by atoms with E-state index < -0.39 is 23.6 Å². The first-order chi connectivity index (χ1) is 9.93. The van der Waals surface area contributed by atoms with Crippen LogP contribution in [0.3, 0.4) is 0 Å². The SMILES string of the molecule is CN1C(=N)C(C(=O)CSc2ccccn2)C(=O)N(C)C1=O. The lowest BCUT2D eigenvalue weighted by atomic mass is 9.99. The number of Topliss-reactive ketones (excluding diaryl/α,β-unsaturated/α-hetero) is 1. The van der Waals surface area contributed by atoms with Crippen LogP contribution in [0.4, 0.5) is 4.79 Å². The van der Waals surface area contributed by atoms with Crippen molar-refractivity contribution in [2.45, 2.75) is 5.03 Å². The van der Waals surface area contributed by atoms with E-state index in [1.807, 2.05) is 0 Å². The fourth-order valence-electron chi connectivity index (χ4n) is 1.88. The van der Waals surface area contributed by atoms with Crippen LogP contribution in [0.5, 0.6) is 0 Å². The largest absolute Gasteiger partial charge is 0.331 e. The molecule has 1 N–H and O–H groups in total. The molecule has 0 aromatic carbocycles. The van der Waals surface area contributed by atoms with Crippen LogP contribution < -0.4 is 0 Å². The molecule has 2 heterocycles. The molecule has 2 rings (SSSR count). The van der Waals surface area contributed by atoms with Gasteiger partial charge in [-0.3, -0.25) is 24.8 Å². The first kappa shape index (κ1) is 15.2. The van der Waals surface area contributed by atoms with Crippen molar-refractivity contribution >= 4 is 35.3 Å². The molecule has 1 fully saturated rings. The molecule has 0 aliphatic carbocycles. The molecule has 1 aromatic heterocycles. The molecule has 1 saturated heterocycles. The molecule has 110 valence electrons. The molecule has 1 aromatic rings. The summed E-state index contributed by atoms with van der Waals surface area (Å²) in [7, 11) is 2.68. The van der Waals surface area contributed by atoms with Crippen molar-refractivity contribution in [1.82, 2.24) is 14.8 Å². The molecule has 0 bridgehead atoms. The van der Waals surface area contributed by atoms with Gasteiger partial charge in [0.15, 0.2) is 11.7 Å². The first-order valence-corrected chi connectivity index (χ1v) is 7.12. The van der Waals surface area contributed by atoms with Crippen molar-refractivity contribution in [3.63, 3.8) is 0 Å². The molecule has 0 radical (unpaired) electrons. The molecular formula is C13H14N4O3S. The number of rotatable bonds is 4. The highest BCUT2D eigenvalue weighted by atomic mass is 32.2. The second kappa shape index (κ2) is 6.04. The fraction of sp³-hybridized carbons (Fsp3) is 0.308. The Balaban J connectivity index is 2.09. The van der Waals surface area contributed by atoms with Gasteiger partial charge < -0.3 is 0 Å². The molecule has 1 unspecified atom stereocenters. The number of ketones is 1. The average Bonchev–Trinajstić information content (AvgIpc) is 2.50. The Morgan fingerprint density at radius 2 is 2.05 bits per heavy atom. The first-order valence-electron chi connectivity index (χ1n) is 6.13. The van der Waals surface area contributed by atoms with Crippen molar-refractivity contribution in [3.8, 4) is 0 Å². The zero-order chi connectivity index (χ0) is 15.6. The van der Waals surface area contributed by atoms with Gasteiger partial charge in [-0.2, -0.15) is 0 Å². The van der Waals surface area contributed by atoms with Crippen molar-refractivity contribution in [1.29, 1.82) is 5.41 Å². The highest BCUT2D eigenvalue weighted by Gasteiger charge is 2.43. The van der Waals surface area contributed by atoms with Crippen molar-refractivity contribution in [2.24, 2.45) is 5.92 Å². The standard InChI is InChI=1S/C13H14N4O3S/c1-16-11(14)10(12(19)17(2)13(16)20)8(18)7-21-9-5-3-4-6-15-9/h3-6,10,14H,7H2,1-2H3. The summed E-state index contributed by atoms with van der Waals surface area (Å²) in [6, 6.07) is 4.72. The van der Waals surface area contributed by atoms with Crippen LogP contribution in [0.15, 0.2) is 29.4 Å². The van der Waals surface area contributed by atoms with Crippen LogP contribution in [0.1, 0.15) is 0 Å². The number of hydrogen-bond donors (Lipinski definition) is 1. The van der Waals surface area contributed by atoms with Gasteiger partial charge in [0.05, 0.1) is 10.8 Å². The van der Waals surface area contributed by atoms with E-state index in [0.717, 1.165) is 9.80 Å². The lowest BCUT2D eigenvalue weighted by Gasteiger charge is -2.34. The predicted octanol–water partition coefficient (Wildman–Crippen LogP) is 0.860. The number of carbonyl (C=O) groups is 3. The molecule has 0 saturated carbocycles. The summed E-state index contributed by atoms with van der Waals surface area (Å²) in [5.41, 5.74) is 0. The lowest BCUT2D eigenvalue weighted by Crippen LogP contribution is -2.58. The number of aromatic nitrogens is 1. The minimum Gasteiger partial charge on any atom is -0.297 e. The maximum absolute atomic E-state index is 12.2. The third kappa shape index (κ3) is 2.94. The summed E-state index contributed by atoms with van der Waals surface area (Å²) in [4.78, 5) is 41.9. The summed E-state index contributed by atoms with van der Waals surface area (Å²) in [5, 5.41) is 8.49. The van der Waals surface area contributed by atoms with Crippen LogP contribution in [0.25, 0.3) is 0 Å². The zero-order valence-corrected chi connectivity index (χ0v) is 12.4. The van der Waals surface area contributed by atoms with Crippen LogP contribution in [0.2, 0.25) is 0 Å². The third-order valence-corrected chi connectivity index (χ3v) is 4.07. The number of thioether (sulfide) groups is 1. The highest BCUT2D eigenvalue weighted by molar-refractivity contribution is 7.99. The lowest BCUT2D eigenvalue weighted by molar-refractivity contribution is -0.135. The Morgan fingerprint density at radius 3 is 2.67 bits per heavy atom.